The molecule has 6 nitrogen and oxygen atoms in total. The van der Waals surface area contributed by atoms with Crippen molar-refractivity contribution in [1.29, 1.82) is 0 Å². The molecule has 1 heterocycles. The van der Waals surface area contributed by atoms with Crippen LogP contribution in [0, 0.1) is 5.41 Å². The number of nitrogens with zero attached hydrogens (tertiary/aromatic N) is 2. The number of rotatable bonds is 4. The van der Waals surface area contributed by atoms with Crippen molar-refractivity contribution in [3.63, 3.8) is 0 Å². The number of carboxylic acid groups (broad SMARTS) is 1. The Balaban J connectivity index is 2.42. The Morgan fingerprint density at radius 3 is 2.70 bits per heavy atom. The SMILES string of the molecule is CNC(=O)C(C)(C)Cn1cnc2ccc(C(=O)O)cc21. The van der Waals surface area contributed by atoms with Crippen molar-refractivity contribution in [2.45, 2.75) is 20.4 Å². The van der Waals surface area contributed by atoms with Gasteiger partial charge in [-0.15, -0.1) is 0 Å². The first-order valence-corrected chi connectivity index (χ1v) is 6.25. The van der Waals surface area contributed by atoms with Gasteiger partial charge in [0.2, 0.25) is 5.91 Å². The average Bonchev–Trinajstić information content (AvgIpc) is 2.79. The molecule has 2 N–H and O–H groups in total. The number of aromatic nitrogens is 2. The molecule has 1 amide bonds. The molecule has 0 atom stereocenters. The third-order valence-electron chi connectivity index (χ3n) is 3.28. The molecular weight excluding hydrogens is 258 g/mol. The third kappa shape index (κ3) is 2.49. The molecule has 0 aliphatic rings. The normalized spacial score (nSPS) is 11.6. The van der Waals surface area contributed by atoms with Gasteiger partial charge in [-0.05, 0) is 32.0 Å². The minimum atomic E-state index is -0.981. The van der Waals surface area contributed by atoms with E-state index in [0.717, 1.165) is 0 Å². The number of nitrogens with one attached hydrogen (secondary N) is 1. The smallest absolute Gasteiger partial charge is 0.335 e. The van der Waals surface area contributed by atoms with Gasteiger partial charge in [0.1, 0.15) is 0 Å². The fraction of sp³-hybridized carbons (Fsp3) is 0.357. The standard InChI is InChI=1S/C14H17N3O3/c1-14(2,13(20)15-3)7-17-8-16-10-5-4-9(12(18)19)6-11(10)17/h4-6,8H,7H2,1-3H3,(H,15,20)(H,18,19). The number of hydrogen-bond acceptors (Lipinski definition) is 3. The summed E-state index contributed by atoms with van der Waals surface area (Å²) < 4.78 is 1.80. The zero-order valence-corrected chi connectivity index (χ0v) is 11.7. The van der Waals surface area contributed by atoms with Gasteiger partial charge >= 0.3 is 5.97 Å². The zero-order valence-electron chi connectivity index (χ0n) is 11.7. The highest BCUT2D eigenvalue weighted by molar-refractivity contribution is 5.92. The van der Waals surface area contributed by atoms with Crippen LogP contribution in [-0.4, -0.2) is 33.6 Å². The molecule has 0 bridgehead atoms. The van der Waals surface area contributed by atoms with Crippen molar-refractivity contribution >= 4 is 22.9 Å². The number of carbonyl (C=O) groups excluding carboxylic acids is 1. The summed E-state index contributed by atoms with van der Waals surface area (Å²) >= 11 is 0. The van der Waals surface area contributed by atoms with E-state index in [4.69, 9.17) is 5.11 Å². The summed E-state index contributed by atoms with van der Waals surface area (Å²) in [5.74, 6) is -1.06. The highest BCUT2D eigenvalue weighted by Crippen LogP contribution is 2.22. The quantitative estimate of drug-likeness (QED) is 0.885. The molecule has 2 aromatic rings. The predicted octanol–water partition coefficient (Wildman–Crippen LogP) is 1.51. The highest BCUT2D eigenvalue weighted by Gasteiger charge is 2.27. The van der Waals surface area contributed by atoms with Gasteiger partial charge in [-0.25, -0.2) is 9.78 Å². The molecular formula is C14H17N3O3. The fourth-order valence-corrected chi connectivity index (χ4v) is 2.15. The summed E-state index contributed by atoms with van der Waals surface area (Å²) in [6, 6.07) is 4.76. The summed E-state index contributed by atoms with van der Waals surface area (Å²) in [5.41, 5.74) is 1.02. The Morgan fingerprint density at radius 2 is 2.10 bits per heavy atom. The van der Waals surface area contributed by atoms with Gasteiger partial charge in [0.15, 0.2) is 0 Å². The number of carbonyl (C=O) groups is 2. The monoisotopic (exact) mass is 275 g/mol. The lowest BCUT2D eigenvalue weighted by atomic mass is 9.92. The summed E-state index contributed by atoms with van der Waals surface area (Å²) in [5, 5.41) is 11.7. The van der Waals surface area contributed by atoms with Gasteiger partial charge in [0, 0.05) is 13.6 Å². The van der Waals surface area contributed by atoms with Crippen LogP contribution < -0.4 is 5.32 Å². The van der Waals surface area contributed by atoms with Crippen molar-refractivity contribution in [2.24, 2.45) is 5.41 Å². The Hall–Kier alpha value is -2.37. The average molecular weight is 275 g/mol. The topological polar surface area (TPSA) is 84.2 Å². The number of fused-ring (bicyclic) bond motifs is 1. The molecule has 106 valence electrons. The molecule has 0 saturated carbocycles. The molecule has 0 saturated heterocycles. The van der Waals surface area contributed by atoms with E-state index < -0.39 is 11.4 Å². The molecule has 0 unspecified atom stereocenters. The van der Waals surface area contributed by atoms with Crippen LogP contribution in [0.25, 0.3) is 11.0 Å². The first kappa shape index (κ1) is 14.0. The van der Waals surface area contributed by atoms with Gasteiger partial charge in [-0.3, -0.25) is 4.79 Å². The van der Waals surface area contributed by atoms with Crippen molar-refractivity contribution in [1.82, 2.24) is 14.9 Å². The van der Waals surface area contributed by atoms with E-state index in [1.807, 2.05) is 13.8 Å². The Bertz CT molecular complexity index is 673. The number of imidazole rings is 1. The Labute approximate surface area is 116 Å². The molecule has 0 spiro atoms. The molecule has 1 aromatic carbocycles. The maximum Gasteiger partial charge on any atom is 0.335 e. The van der Waals surface area contributed by atoms with Crippen molar-refractivity contribution in [3.05, 3.63) is 30.1 Å². The summed E-state index contributed by atoms with van der Waals surface area (Å²) in [6.45, 7) is 4.09. The van der Waals surface area contributed by atoms with Crippen molar-refractivity contribution in [3.8, 4) is 0 Å². The molecule has 20 heavy (non-hydrogen) atoms. The number of benzene rings is 1. The van der Waals surface area contributed by atoms with Gasteiger partial charge < -0.3 is 15.0 Å². The van der Waals surface area contributed by atoms with E-state index in [1.54, 1.807) is 30.1 Å². The number of hydrogen-bond donors (Lipinski definition) is 2. The Kier molecular flexibility index (Phi) is 3.48. The fourth-order valence-electron chi connectivity index (χ4n) is 2.15. The first-order chi connectivity index (χ1) is 9.35. The lowest BCUT2D eigenvalue weighted by molar-refractivity contribution is -0.129. The maximum absolute atomic E-state index is 11.8. The minimum absolute atomic E-state index is 0.0752. The zero-order chi connectivity index (χ0) is 14.9. The van der Waals surface area contributed by atoms with Crippen LogP contribution in [0.4, 0.5) is 0 Å². The van der Waals surface area contributed by atoms with Gasteiger partial charge in [0.05, 0.1) is 28.3 Å². The van der Waals surface area contributed by atoms with E-state index in [-0.39, 0.29) is 11.5 Å². The van der Waals surface area contributed by atoms with Crippen LogP contribution in [0.15, 0.2) is 24.5 Å². The molecule has 0 radical (unpaired) electrons. The largest absolute Gasteiger partial charge is 0.478 e. The number of carboxylic acids is 1. The lowest BCUT2D eigenvalue weighted by Gasteiger charge is -2.23. The highest BCUT2D eigenvalue weighted by atomic mass is 16.4. The lowest BCUT2D eigenvalue weighted by Crippen LogP contribution is -2.37. The second-order valence-electron chi connectivity index (χ2n) is 5.34. The van der Waals surface area contributed by atoms with Crippen LogP contribution >= 0.6 is 0 Å². The Morgan fingerprint density at radius 1 is 1.40 bits per heavy atom. The molecule has 0 aliphatic heterocycles. The minimum Gasteiger partial charge on any atom is -0.478 e. The van der Waals surface area contributed by atoms with Crippen LogP contribution in [0.1, 0.15) is 24.2 Å². The van der Waals surface area contributed by atoms with Crippen LogP contribution in [-0.2, 0) is 11.3 Å². The maximum atomic E-state index is 11.8. The van der Waals surface area contributed by atoms with E-state index in [0.29, 0.717) is 17.6 Å². The second kappa shape index (κ2) is 4.96. The van der Waals surface area contributed by atoms with E-state index >= 15 is 0 Å². The number of amides is 1. The molecule has 0 aliphatic carbocycles. The van der Waals surface area contributed by atoms with Crippen LogP contribution in [0.5, 0.6) is 0 Å². The summed E-state index contributed by atoms with van der Waals surface area (Å²) in [6.07, 6.45) is 1.63. The molecule has 1 aromatic heterocycles. The second-order valence-corrected chi connectivity index (χ2v) is 5.34. The van der Waals surface area contributed by atoms with Gasteiger partial charge in [-0.1, -0.05) is 0 Å². The van der Waals surface area contributed by atoms with Crippen LogP contribution in [0.2, 0.25) is 0 Å². The third-order valence-corrected chi connectivity index (χ3v) is 3.28. The summed E-state index contributed by atoms with van der Waals surface area (Å²) in [7, 11) is 1.60. The van der Waals surface area contributed by atoms with Gasteiger partial charge in [-0.2, -0.15) is 0 Å². The van der Waals surface area contributed by atoms with Gasteiger partial charge in [0.25, 0.3) is 0 Å². The first-order valence-electron chi connectivity index (χ1n) is 6.25. The van der Waals surface area contributed by atoms with E-state index in [9.17, 15) is 9.59 Å². The number of aromatic carboxylic acids is 1. The van der Waals surface area contributed by atoms with Crippen molar-refractivity contribution in [2.75, 3.05) is 7.05 Å². The summed E-state index contributed by atoms with van der Waals surface area (Å²) in [4.78, 5) is 27.1. The molecule has 6 heteroatoms. The van der Waals surface area contributed by atoms with Crippen molar-refractivity contribution < 1.29 is 14.7 Å². The molecule has 0 fully saturated rings. The van der Waals surface area contributed by atoms with Crippen LogP contribution in [0.3, 0.4) is 0 Å². The molecule has 2 rings (SSSR count). The van der Waals surface area contributed by atoms with E-state index in [2.05, 4.69) is 10.3 Å². The predicted molar refractivity (Wildman–Crippen MR) is 74.5 cm³/mol. The van der Waals surface area contributed by atoms with E-state index in [1.165, 1.54) is 6.07 Å².